The average Bonchev–Trinajstić information content (AvgIpc) is 3.26. The van der Waals surface area contributed by atoms with Gasteiger partial charge in [0.2, 0.25) is 5.91 Å². The molecule has 1 saturated carbocycles. The average molecular weight is 298 g/mol. The van der Waals surface area contributed by atoms with Crippen molar-refractivity contribution in [2.24, 2.45) is 5.92 Å². The molecule has 0 bridgehead atoms. The van der Waals surface area contributed by atoms with E-state index in [1.807, 2.05) is 24.3 Å². The van der Waals surface area contributed by atoms with Crippen LogP contribution in [0.15, 0.2) is 59.6 Å². The molecule has 0 saturated heterocycles. The number of hydrogen-bond acceptors (Lipinski definition) is 4. The number of allylic oxidation sites excluding steroid dienone is 4. The fraction of sp³-hybridized carbons (Fsp3) is 0.353. The van der Waals surface area contributed by atoms with Gasteiger partial charge in [-0.1, -0.05) is 6.08 Å². The van der Waals surface area contributed by atoms with Gasteiger partial charge in [-0.3, -0.25) is 4.79 Å². The third kappa shape index (κ3) is 2.66. The Hall–Kier alpha value is -2.43. The molecule has 5 nitrogen and oxygen atoms in total. The van der Waals surface area contributed by atoms with Crippen molar-refractivity contribution in [3.05, 3.63) is 59.6 Å². The van der Waals surface area contributed by atoms with Gasteiger partial charge in [-0.05, 0) is 37.1 Å². The second kappa shape index (κ2) is 5.40. The maximum Gasteiger partial charge on any atom is 0.225 e. The smallest absolute Gasteiger partial charge is 0.225 e. The first-order valence-electron chi connectivity index (χ1n) is 7.65. The van der Waals surface area contributed by atoms with Gasteiger partial charge in [-0.25, -0.2) is 0 Å². The Labute approximate surface area is 129 Å². The zero-order valence-electron chi connectivity index (χ0n) is 12.2. The summed E-state index contributed by atoms with van der Waals surface area (Å²) in [5, 5.41) is 6.05. The van der Waals surface area contributed by atoms with Gasteiger partial charge in [0.15, 0.2) is 0 Å². The van der Waals surface area contributed by atoms with Crippen molar-refractivity contribution in [1.82, 2.24) is 10.6 Å². The topological polar surface area (TPSA) is 59.6 Å². The van der Waals surface area contributed by atoms with Crippen molar-refractivity contribution < 1.29 is 14.3 Å². The number of dihydropyridines is 1. The van der Waals surface area contributed by atoms with E-state index in [-0.39, 0.29) is 5.91 Å². The highest BCUT2D eigenvalue weighted by Crippen LogP contribution is 2.36. The van der Waals surface area contributed by atoms with E-state index in [0.29, 0.717) is 31.4 Å². The Balaban J connectivity index is 1.54. The maximum absolute atomic E-state index is 11.5. The lowest BCUT2D eigenvalue weighted by Crippen LogP contribution is -2.38. The predicted molar refractivity (Wildman–Crippen MR) is 80.9 cm³/mol. The first-order chi connectivity index (χ1) is 10.8. The summed E-state index contributed by atoms with van der Waals surface area (Å²) in [6.45, 7) is 0.648. The summed E-state index contributed by atoms with van der Waals surface area (Å²) in [4.78, 5) is 11.5. The Morgan fingerprint density at radius 3 is 3.23 bits per heavy atom. The SMILES string of the molecule is O=C1CCC2=C(NCC=C2OC2=C/C=C/O[C@@H]3C[C@@H]3C=C2)N1. The van der Waals surface area contributed by atoms with E-state index in [1.165, 1.54) is 0 Å². The first kappa shape index (κ1) is 13.2. The number of rotatable bonds is 2. The van der Waals surface area contributed by atoms with E-state index in [2.05, 4.69) is 16.7 Å². The largest absolute Gasteiger partial charge is 0.497 e. The summed E-state index contributed by atoms with van der Waals surface area (Å²) in [5.74, 6) is 2.92. The Morgan fingerprint density at radius 1 is 1.32 bits per heavy atom. The first-order valence-corrected chi connectivity index (χ1v) is 7.65. The molecule has 0 aromatic carbocycles. The summed E-state index contributed by atoms with van der Waals surface area (Å²) in [6, 6.07) is 0. The molecule has 3 heterocycles. The zero-order valence-corrected chi connectivity index (χ0v) is 12.2. The van der Waals surface area contributed by atoms with Crippen molar-refractivity contribution in [2.75, 3.05) is 6.54 Å². The molecule has 0 unspecified atom stereocenters. The van der Waals surface area contributed by atoms with Gasteiger partial charge < -0.3 is 20.1 Å². The molecule has 4 aliphatic rings. The summed E-state index contributed by atoms with van der Waals surface area (Å²) < 4.78 is 11.6. The summed E-state index contributed by atoms with van der Waals surface area (Å²) >= 11 is 0. The van der Waals surface area contributed by atoms with Gasteiger partial charge in [0.05, 0.1) is 6.26 Å². The monoisotopic (exact) mass is 298 g/mol. The number of nitrogens with one attached hydrogen (secondary N) is 2. The lowest BCUT2D eigenvalue weighted by Gasteiger charge is -2.27. The minimum Gasteiger partial charge on any atom is -0.497 e. The van der Waals surface area contributed by atoms with E-state index < -0.39 is 0 Å². The van der Waals surface area contributed by atoms with Crippen molar-refractivity contribution in [1.29, 1.82) is 0 Å². The number of carbonyl (C=O) groups is 1. The molecule has 0 radical (unpaired) electrons. The van der Waals surface area contributed by atoms with Crippen LogP contribution in [-0.4, -0.2) is 18.6 Å². The Morgan fingerprint density at radius 2 is 2.27 bits per heavy atom. The molecule has 22 heavy (non-hydrogen) atoms. The maximum atomic E-state index is 11.5. The normalized spacial score (nSPS) is 30.8. The fourth-order valence-corrected chi connectivity index (χ4v) is 2.81. The van der Waals surface area contributed by atoms with Crippen LogP contribution < -0.4 is 10.6 Å². The van der Waals surface area contributed by atoms with Crippen LogP contribution >= 0.6 is 0 Å². The zero-order chi connectivity index (χ0) is 14.9. The highest BCUT2D eigenvalue weighted by molar-refractivity contribution is 5.80. The molecule has 114 valence electrons. The lowest BCUT2D eigenvalue weighted by molar-refractivity contribution is -0.120. The highest BCUT2D eigenvalue weighted by Gasteiger charge is 2.36. The summed E-state index contributed by atoms with van der Waals surface area (Å²) in [7, 11) is 0. The molecule has 2 atom stereocenters. The fourth-order valence-electron chi connectivity index (χ4n) is 2.81. The van der Waals surface area contributed by atoms with Crippen LogP contribution in [0, 0.1) is 5.92 Å². The Kier molecular flexibility index (Phi) is 3.25. The van der Waals surface area contributed by atoms with Gasteiger partial charge in [-0.2, -0.15) is 0 Å². The molecule has 4 rings (SSSR count). The quantitative estimate of drug-likeness (QED) is 0.818. The minimum atomic E-state index is 0.0499. The molecule has 1 fully saturated rings. The third-order valence-corrected chi connectivity index (χ3v) is 4.14. The van der Waals surface area contributed by atoms with Gasteiger partial charge >= 0.3 is 0 Å². The molecule has 1 aliphatic carbocycles. The summed E-state index contributed by atoms with van der Waals surface area (Å²) in [6.07, 6.45) is 14.2. The van der Waals surface area contributed by atoms with Crippen LogP contribution in [0.2, 0.25) is 0 Å². The van der Waals surface area contributed by atoms with Gasteiger partial charge in [0.1, 0.15) is 23.4 Å². The van der Waals surface area contributed by atoms with E-state index >= 15 is 0 Å². The van der Waals surface area contributed by atoms with Gasteiger partial charge in [0.25, 0.3) is 0 Å². The van der Waals surface area contributed by atoms with Crippen molar-refractivity contribution in [2.45, 2.75) is 25.4 Å². The Bertz CT molecular complexity index is 655. The van der Waals surface area contributed by atoms with E-state index in [1.54, 1.807) is 6.26 Å². The number of amides is 1. The molecular formula is C17H18N2O3. The highest BCUT2D eigenvalue weighted by atomic mass is 16.5. The predicted octanol–water partition coefficient (Wildman–Crippen LogP) is 1.98. The lowest BCUT2D eigenvalue weighted by atomic mass is 10.0. The molecule has 1 amide bonds. The number of ether oxygens (including phenoxy) is 2. The molecule has 0 aromatic heterocycles. The second-order valence-electron chi connectivity index (χ2n) is 5.78. The second-order valence-corrected chi connectivity index (χ2v) is 5.78. The standard InChI is InChI=1S/C17H18N2O3/c20-16-6-5-13-14(7-8-18-17(13)19-16)22-12-2-1-9-21-15-10-11(15)3-4-12/h1-4,7,9,11,15,18H,5-6,8,10H2,(H,19,20)/b4-3?,9-1+,12-2?/t11-,15+/m0/s1. The minimum absolute atomic E-state index is 0.0499. The van der Waals surface area contributed by atoms with Gasteiger partial charge in [-0.15, -0.1) is 0 Å². The van der Waals surface area contributed by atoms with E-state index in [4.69, 9.17) is 9.47 Å². The van der Waals surface area contributed by atoms with Crippen LogP contribution in [0.4, 0.5) is 0 Å². The van der Waals surface area contributed by atoms with Crippen molar-refractivity contribution >= 4 is 5.91 Å². The van der Waals surface area contributed by atoms with Crippen LogP contribution in [0.3, 0.4) is 0 Å². The third-order valence-electron chi connectivity index (χ3n) is 4.14. The van der Waals surface area contributed by atoms with E-state index in [9.17, 15) is 4.79 Å². The molecule has 2 N–H and O–H groups in total. The molecule has 5 heteroatoms. The van der Waals surface area contributed by atoms with Crippen molar-refractivity contribution in [3.63, 3.8) is 0 Å². The van der Waals surface area contributed by atoms with Crippen molar-refractivity contribution in [3.8, 4) is 0 Å². The molecule has 0 aromatic rings. The number of hydrogen-bond donors (Lipinski definition) is 2. The van der Waals surface area contributed by atoms with Crippen LogP contribution in [-0.2, 0) is 14.3 Å². The number of carbonyl (C=O) groups excluding carboxylic acids is 1. The molecule has 0 spiro atoms. The van der Waals surface area contributed by atoms with Crippen LogP contribution in [0.1, 0.15) is 19.3 Å². The van der Waals surface area contributed by atoms with Crippen LogP contribution in [0.25, 0.3) is 0 Å². The van der Waals surface area contributed by atoms with E-state index in [0.717, 1.165) is 29.3 Å². The summed E-state index contributed by atoms with van der Waals surface area (Å²) in [5.41, 5.74) is 1.03. The number of fused-ring (bicyclic) bond motifs is 1. The van der Waals surface area contributed by atoms with Gasteiger partial charge in [0, 0.05) is 24.5 Å². The molecular weight excluding hydrogens is 280 g/mol. The molecule has 3 aliphatic heterocycles. The van der Waals surface area contributed by atoms with Crippen LogP contribution in [0.5, 0.6) is 0 Å².